The van der Waals surface area contributed by atoms with E-state index >= 15 is 0 Å². The number of nitriles is 1. The molecule has 0 spiro atoms. The summed E-state index contributed by atoms with van der Waals surface area (Å²) < 4.78 is 1.67. The molecule has 0 aliphatic rings. The van der Waals surface area contributed by atoms with Crippen molar-refractivity contribution >= 4 is 23.5 Å². The van der Waals surface area contributed by atoms with Gasteiger partial charge in [0, 0.05) is 23.9 Å². The largest absolute Gasteiger partial charge is 0.476 e. The van der Waals surface area contributed by atoms with E-state index in [1.54, 1.807) is 42.1 Å². The molecule has 3 rings (SSSR count). The van der Waals surface area contributed by atoms with Crippen molar-refractivity contribution in [2.24, 2.45) is 0 Å². The number of benzene rings is 1. The Morgan fingerprint density at radius 2 is 2.18 bits per heavy atom. The fourth-order valence-corrected chi connectivity index (χ4v) is 2.78. The number of aromatic carboxylic acids is 1. The first kappa shape index (κ1) is 19.1. The summed E-state index contributed by atoms with van der Waals surface area (Å²) in [7, 11) is 0. The molecule has 1 atom stereocenters. The minimum Gasteiger partial charge on any atom is -0.476 e. The van der Waals surface area contributed by atoms with Gasteiger partial charge in [-0.2, -0.15) is 15.5 Å². The number of amides is 1. The SMILES string of the molecule is C[C@@H](Cn1ccc(-c2ccc(C#N)c(Cl)c2)n1)NC(=O)c1cc(C(=O)O)n[nH]1. The molecule has 9 nitrogen and oxygen atoms in total. The fourth-order valence-electron chi connectivity index (χ4n) is 2.56. The molecule has 1 aromatic carbocycles. The van der Waals surface area contributed by atoms with Gasteiger partial charge in [0.15, 0.2) is 5.69 Å². The van der Waals surface area contributed by atoms with Gasteiger partial charge in [-0.25, -0.2) is 4.79 Å². The van der Waals surface area contributed by atoms with Gasteiger partial charge < -0.3 is 10.4 Å². The van der Waals surface area contributed by atoms with E-state index in [1.165, 1.54) is 6.07 Å². The van der Waals surface area contributed by atoms with Crippen LogP contribution in [0.4, 0.5) is 0 Å². The minimum absolute atomic E-state index is 0.0672. The number of carboxylic acid groups (broad SMARTS) is 1. The molecule has 0 saturated carbocycles. The van der Waals surface area contributed by atoms with Gasteiger partial charge in [0.2, 0.25) is 0 Å². The molecule has 0 saturated heterocycles. The monoisotopic (exact) mass is 398 g/mol. The number of aromatic nitrogens is 4. The van der Waals surface area contributed by atoms with E-state index in [4.69, 9.17) is 22.0 Å². The van der Waals surface area contributed by atoms with Crippen molar-refractivity contribution in [1.82, 2.24) is 25.3 Å². The molecule has 142 valence electrons. The molecule has 0 fully saturated rings. The second-order valence-electron chi connectivity index (χ2n) is 6.08. The highest BCUT2D eigenvalue weighted by molar-refractivity contribution is 6.32. The summed E-state index contributed by atoms with van der Waals surface area (Å²) in [5.41, 5.74) is 1.70. The maximum absolute atomic E-state index is 12.2. The molecule has 2 aromatic heterocycles. The third-order valence-electron chi connectivity index (χ3n) is 3.91. The van der Waals surface area contributed by atoms with Crippen LogP contribution in [0, 0.1) is 11.3 Å². The number of nitrogens with zero attached hydrogens (tertiary/aromatic N) is 4. The van der Waals surface area contributed by atoms with E-state index in [0.29, 0.717) is 22.8 Å². The smallest absolute Gasteiger partial charge is 0.356 e. The summed E-state index contributed by atoms with van der Waals surface area (Å²) in [5, 5.41) is 31.3. The van der Waals surface area contributed by atoms with Crippen LogP contribution in [-0.4, -0.2) is 43.0 Å². The molecule has 0 bridgehead atoms. The first-order valence-electron chi connectivity index (χ1n) is 8.20. The zero-order valence-corrected chi connectivity index (χ0v) is 15.4. The summed E-state index contributed by atoms with van der Waals surface area (Å²) in [5.74, 6) is -1.67. The number of carboxylic acids is 1. The Morgan fingerprint density at radius 3 is 2.82 bits per heavy atom. The van der Waals surface area contributed by atoms with Crippen LogP contribution in [0.1, 0.15) is 33.5 Å². The lowest BCUT2D eigenvalue weighted by atomic mass is 10.1. The second kappa shape index (κ2) is 7.94. The number of aromatic amines is 1. The molecule has 1 amide bonds. The lowest BCUT2D eigenvalue weighted by Crippen LogP contribution is -2.36. The van der Waals surface area contributed by atoms with Gasteiger partial charge in [-0.1, -0.05) is 17.7 Å². The van der Waals surface area contributed by atoms with Crippen LogP contribution in [-0.2, 0) is 6.54 Å². The number of nitrogens with one attached hydrogen (secondary N) is 2. The highest BCUT2D eigenvalue weighted by Crippen LogP contribution is 2.24. The summed E-state index contributed by atoms with van der Waals surface area (Å²) >= 11 is 6.06. The number of carbonyl (C=O) groups is 2. The molecule has 0 unspecified atom stereocenters. The van der Waals surface area contributed by atoms with Crippen LogP contribution in [0.25, 0.3) is 11.3 Å². The Labute approximate surface area is 164 Å². The highest BCUT2D eigenvalue weighted by Gasteiger charge is 2.16. The number of H-pyrrole nitrogens is 1. The van der Waals surface area contributed by atoms with E-state index < -0.39 is 11.9 Å². The number of carbonyl (C=O) groups excluding carboxylic acids is 1. The van der Waals surface area contributed by atoms with E-state index in [1.807, 2.05) is 6.07 Å². The van der Waals surface area contributed by atoms with Crippen molar-refractivity contribution in [1.29, 1.82) is 5.26 Å². The summed E-state index contributed by atoms with van der Waals surface area (Å²) in [6, 6.07) is 9.78. The van der Waals surface area contributed by atoms with Gasteiger partial charge in [-0.05, 0) is 25.1 Å². The standard InChI is InChI=1S/C18H15ClN6O3/c1-10(21-17(26)15-7-16(18(27)28)23-22-15)9-25-5-4-14(24-25)11-2-3-12(8-20)13(19)6-11/h2-7,10H,9H2,1H3,(H,21,26)(H,22,23)(H,27,28)/t10-/m0/s1. The molecular formula is C18H15ClN6O3. The zero-order chi connectivity index (χ0) is 20.3. The molecule has 3 N–H and O–H groups in total. The van der Waals surface area contributed by atoms with Gasteiger partial charge >= 0.3 is 5.97 Å². The molecule has 10 heteroatoms. The van der Waals surface area contributed by atoms with Crippen LogP contribution in [0.3, 0.4) is 0 Å². The van der Waals surface area contributed by atoms with Crippen molar-refractivity contribution in [3.8, 4) is 17.3 Å². The van der Waals surface area contributed by atoms with Gasteiger partial charge in [-0.3, -0.25) is 14.6 Å². The Balaban J connectivity index is 1.64. The van der Waals surface area contributed by atoms with Crippen molar-refractivity contribution in [3.63, 3.8) is 0 Å². The molecule has 2 heterocycles. The van der Waals surface area contributed by atoms with Crippen LogP contribution >= 0.6 is 11.6 Å². The van der Waals surface area contributed by atoms with E-state index in [0.717, 1.165) is 5.56 Å². The van der Waals surface area contributed by atoms with Crippen LogP contribution in [0.15, 0.2) is 36.5 Å². The first-order valence-corrected chi connectivity index (χ1v) is 8.58. The Morgan fingerprint density at radius 1 is 1.39 bits per heavy atom. The number of hydrogen-bond donors (Lipinski definition) is 3. The van der Waals surface area contributed by atoms with Crippen molar-refractivity contribution in [3.05, 3.63) is 58.5 Å². The Hall–Kier alpha value is -3.64. The van der Waals surface area contributed by atoms with Crippen LogP contribution in [0.5, 0.6) is 0 Å². The molecule has 0 aliphatic carbocycles. The highest BCUT2D eigenvalue weighted by atomic mass is 35.5. The van der Waals surface area contributed by atoms with E-state index in [2.05, 4.69) is 20.6 Å². The molecular weight excluding hydrogens is 384 g/mol. The van der Waals surface area contributed by atoms with Crippen molar-refractivity contribution in [2.75, 3.05) is 0 Å². The normalized spacial score (nSPS) is 11.6. The van der Waals surface area contributed by atoms with Gasteiger partial charge in [-0.15, -0.1) is 0 Å². The summed E-state index contributed by atoms with van der Waals surface area (Å²) in [4.78, 5) is 23.0. The third-order valence-corrected chi connectivity index (χ3v) is 4.22. The summed E-state index contributed by atoms with van der Waals surface area (Å²) in [6.45, 7) is 2.20. The minimum atomic E-state index is -1.21. The Kier molecular flexibility index (Phi) is 5.42. The van der Waals surface area contributed by atoms with E-state index in [-0.39, 0.29) is 17.4 Å². The van der Waals surface area contributed by atoms with Crippen LogP contribution in [0.2, 0.25) is 5.02 Å². The molecule has 0 radical (unpaired) electrons. The second-order valence-corrected chi connectivity index (χ2v) is 6.48. The number of rotatable bonds is 6. The Bertz CT molecular complexity index is 1080. The maximum atomic E-state index is 12.2. The molecule has 28 heavy (non-hydrogen) atoms. The topological polar surface area (TPSA) is 137 Å². The average Bonchev–Trinajstić information content (AvgIpc) is 3.31. The number of hydrogen-bond acceptors (Lipinski definition) is 5. The van der Waals surface area contributed by atoms with Gasteiger partial charge in [0.1, 0.15) is 11.8 Å². The average molecular weight is 399 g/mol. The lowest BCUT2D eigenvalue weighted by molar-refractivity contribution is 0.0690. The summed E-state index contributed by atoms with van der Waals surface area (Å²) in [6.07, 6.45) is 1.77. The van der Waals surface area contributed by atoms with E-state index in [9.17, 15) is 9.59 Å². The van der Waals surface area contributed by atoms with Crippen molar-refractivity contribution < 1.29 is 14.7 Å². The third kappa shape index (κ3) is 4.19. The molecule has 0 aliphatic heterocycles. The number of halogens is 1. The molecule has 3 aromatic rings. The lowest BCUT2D eigenvalue weighted by Gasteiger charge is -2.13. The van der Waals surface area contributed by atoms with Gasteiger partial charge in [0.25, 0.3) is 5.91 Å². The fraction of sp³-hybridized carbons (Fsp3) is 0.167. The quantitative estimate of drug-likeness (QED) is 0.582. The van der Waals surface area contributed by atoms with Gasteiger partial charge in [0.05, 0.1) is 22.8 Å². The predicted octanol–water partition coefficient (Wildman–Crippen LogP) is 2.31. The first-order chi connectivity index (χ1) is 13.4. The van der Waals surface area contributed by atoms with Crippen molar-refractivity contribution in [2.45, 2.75) is 19.5 Å². The maximum Gasteiger partial charge on any atom is 0.356 e. The zero-order valence-electron chi connectivity index (χ0n) is 14.7. The van der Waals surface area contributed by atoms with Crippen LogP contribution < -0.4 is 5.32 Å². The predicted molar refractivity (Wildman–Crippen MR) is 99.9 cm³/mol.